The summed E-state index contributed by atoms with van der Waals surface area (Å²) < 4.78 is 5.82. The Bertz CT molecular complexity index is 1060. The number of aromatic nitrogens is 1. The number of carbonyl (C=O) groups is 1. The first-order chi connectivity index (χ1) is 14.1. The molecule has 7 heteroatoms. The summed E-state index contributed by atoms with van der Waals surface area (Å²) in [7, 11) is 0. The number of benzene rings is 2. The Hall–Kier alpha value is -2.08. The van der Waals surface area contributed by atoms with Gasteiger partial charge in [-0.1, -0.05) is 73.8 Å². The Morgan fingerprint density at radius 1 is 1.20 bits per heavy atom. The fourth-order valence-corrected chi connectivity index (χ4v) is 4.21. The zero-order chi connectivity index (χ0) is 21.9. The van der Waals surface area contributed by atoms with Crippen LogP contribution in [0.4, 0.5) is 5.13 Å². The number of carbonyl (C=O) groups excluding carboxylic acids is 1. The highest BCUT2D eigenvalue weighted by molar-refractivity contribution is 7.15. The number of ether oxygens (including phenoxy) is 1. The quantitative estimate of drug-likeness (QED) is 0.445. The number of anilines is 1. The molecule has 0 bridgehead atoms. The van der Waals surface area contributed by atoms with Gasteiger partial charge in [-0.2, -0.15) is 0 Å². The smallest absolute Gasteiger partial charge is 0.264 e. The number of aryl methyl sites for hydroxylation is 1. The molecular formula is C23H24Cl2N2O2S. The molecule has 0 saturated heterocycles. The summed E-state index contributed by atoms with van der Waals surface area (Å²) in [5.41, 5.74) is 3.07. The van der Waals surface area contributed by atoms with E-state index in [0.29, 0.717) is 21.6 Å². The zero-order valence-electron chi connectivity index (χ0n) is 17.4. The predicted molar refractivity (Wildman–Crippen MR) is 125 cm³/mol. The summed E-state index contributed by atoms with van der Waals surface area (Å²) in [4.78, 5) is 17.6. The summed E-state index contributed by atoms with van der Waals surface area (Å²) in [5.74, 6) is 0.468. The van der Waals surface area contributed by atoms with Gasteiger partial charge < -0.3 is 4.74 Å². The summed E-state index contributed by atoms with van der Waals surface area (Å²) in [6, 6.07) is 11.5. The van der Waals surface area contributed by atoms with Gasteiger partial charge in [0.25, 0.3) is 5.91 Å². The largest absolute Gasteiger partial charge is 0.483 e. The van der Waals surface area contributed by atoms with Crippen LogP contribution in [0, 0.1) is 6.92 Å². The van der Waals surface area contributed by atoms with E-state index in [1.807, 2.05) is 31.2 Å². The number of rotatable bonds is 6. The average Bonchev–Trinajstić information content (AvgIpc) is 3.10. The van der Waals surface area contributed by atoms with E-state index in [2.05, 4.69) is 37.1 Å². The highest BCUT2D eigenvalue weighted by atomic mass is 35.5. The van der Waals surface area contributed by atoms with Crippen molar-refractivity contribution in [2.24, 2.45) is 0 Å². The molecule has 1 N–H and O–H groups in total. The predicted octanol–water partition coefficient (Wildman–Crippen LogP) is 6.66. The Kier molecular flexibility index (Phi) is 7.06. The maximum Gasteiger partial charge on any atom is 0.264 e. The minimum Gasteiger partial charge on any atom is -0.483 e. The van der Waals surface area contributed by atoms with E-state index in [0.717, 1.165) is 27.3 Å². The van der Waals surface area contributed by atoms with E-state index in [9.17, 15) is 4.79 Å². The Morgan fingerprint density at radius 2 is 1.97 bits per heavy atom. The van der Waals surface area contributed by atoms with Crippen molar-refractivity contribution in [1.82, 2.24) is 4.98 Å². The molecule has 0 spiro atoms. The van der Waals surface area contributed by atoms with E-state index in [1.165, 1.54) is 11.3 Å². The minimum absolute atomic E-state index is 0.0797. The van der Waals surface area contributed by atoms with Gasteiger partial charge in [0.05, 0.1) is 10.0 Å². The molecule has 0 aliphatic rings. The zero-order valence-corrected chi connectivity index (χ0v) is 19.7. The van der Waals surface area contributed by atoms with Gasteiger partial charge in [0.1, 0.15) is 5.75 Å². The second-order valence-electron chi connectivity index (χ2n) is 8.11. The highest BCUT2D eigenvalue weighted by Crippen LogP contribution is 2.32. The number of hydrogen-bond donors (Lipinski definition) is 1. The maximum atomic E-state index is 12.4. The lowest BCUT2D eigenvalue weighted by Gasteiger charge is -2.23. The first-order valence-electron chi connectivity index (χ1n) is 9.55. The van der Waals surface area contributed by atoms with Crippen LogP contribution in [-0.4, -0.2) is 17.5 Å². The average molecular weight is 463 g/mol. The van der Waals surface area contributed by atoms with Crippen LogP contribution in [-0.2, 0) is 16.6 Å². The molecule has 0 aliphatic heterocycles. The lowest BCUT2D eigenvalue weighted by atomic mass is 9.85. The lowest BCUT2D eigenvalue weighted by Crippen LogP contribution is -2.22. The van der Waals surface area contributed by atoms with Crippen molar-refractivity contribution in [3.63, 3.8) is 0 Å². The number of hydrogen-bond acceptors (Lipinski definition) is 4. The van der Waals surface area contributed by atoms with E-state index >= 15 is 0 Å². The lowest BCUT2D eigenvalue weighted by molar-refractivity contribution is -0.118. The van der Waals surface area contributed by atoms with Crippen LogP contribution in [0.5, 0.6) is 5.75 Å². The topological polar surface area (TPSA) is 51.2 Å². The molecule has 30 heavy (non-hydrogen) atoms. The van der Waals surface area contributed by atoms with E-state index in [1.54, 1.807) is 12.3 Å². The van der Waals surface area contributed by atoms with Crippen LogP contribution in [0.25, 0.3) is 0 Å². The molecule has 4 nitrogen and oxygen atoms in total. The van der Waals surface area contributed by atoms with Gasteiger partial charge in [-0.25, -0.2) is 4.98 Å². The standard InChI is InChI=1S/C23H24Cl2N2O2S/c1-14-8-9-19(17(10-14)23(2,3)4)29-13-20(28)27-22-26-12-16(30-22)11-15-6-5-7-18(24)21(15)25/h5-10,12H,11,13H2,1-4H3,(H,26,27,28). The van der Waals surface area contributed by atoms with Crippen LogP contribution < -0.4 is 10.1 Å². The molecule has 0 radical (unpaired) electrons. The highest BCUT2D eigenvalue weighted by Gasteiger charge is 2.20. The normalized spacial score (nSPS) is 11.4. The van der Waals surface area contributed by atoms with Crippen LogP contribution in [0.1, 0.15) is 42.3 Å². The second-order valence-corrected chi connectivity index (χ2v) is 10.0. The molecule has 3 aromatic rings. The molecule has 2 aromatic carbocycles. The van der Waals surface area contributed by atoms with E-state index in [4.69, 9.17) is 27.9 Å². The van der Waals surface area contributed by atoms with Gasteiger partial charge in [0.15, 0.2) is 11.7 Å². The summed E-state index contributed by atoms with van der Waals surface area (Å²) >= 11 is 13.7. The van der Waals surface area contributed by atoms with Crippen LogP contribution in [0.2, 0.25) is 10.0 Å². The molecule has 0 atom stereocenters. The molecule has 0 unspecified atom stereocenters. The third kappa shape index (κ3) is 5.75. The van der Waals surface area contributed by atoms with Crippen molar-refractivity contribution >= 4 is 45.6 Å². The number of amides is 1. The fraction of sp³-hybridized carbons (Fsp3) is 0.304. The van der Waals surface area contributed by atoms with Crippen molar-refractivity contribution in [2.45, 2.75) is 39.5 Å². The van der Waals surface area contributed by atoms with Crippen molar-refractivity contribution < 1.29 is 9.53 Å². The molecule has 0 saturated carbocycles. The number of nitrogens with one attached hydrogen (secondary N) is 1. The van der Waals surface area contributed by atoms with Gasteiger partial charge >= 0.3 is 0 Å². The molecule has 3 rings (SSSR count). The minimum atomic E-state index is -0.253. The van der Waals surface area contributed by atoms with Crippen LogP contribution in [0.15, 0.2) is 42.6 Å². The molecule has 0 aliphatic carbocycles. The van der Waals surface area contributed by atoms with Gasteiger partial charge in [-0.05, 0) is 35.6 Å². The van der Waals surface area contributed by atoms with Crippen LogP contribution in [0.3, 0.4) is 0 Å². The molecule has 158 valence electrons. The Labute approximate surface area is 191 Å². The second kappa shape index (κ2) is 9.38. The van der Waals surface area contributed by atoms with Gasteiger partial charge in [0, 0.05) is 17.5 Å². The summed E-state index contributed by atoms with van der Waals surface area (Å²) in [5, 5.41) is 4.39. The van der Waals surface area contributed by atoms with Crippen molar-refractivity contribution in [3.8, 4) is 5.75 Å². The van der Waals surface area contributed by atoms with Crippen molar-refractivity contribution in [2.75, 3.05) is 11.9 Å². The SMILES string of the molecule is Cc1ccc(OCC(=O)Nc2ncc(Cc3cccc(Cl)c3Cl)s2)c(C(C)(C)C)c1. The first kappa shape index (κ1) is 22.6. The van der Waals surface area contributed by atoms with Crippen LogP contribution >= 0.6 is 34.5 Å². The summed E-state index contributed by atoms with van der Waals surface area (Å²) in [6.07, 6.45) is 2.33. The third-order valence-corrected chi connectivity index (χ3v) is 6.27. The maximum absolute atomic E-state index is 12.4. The monoisotopic (exact) mass is 462 g/mol. The molecule has 1 amide bonds. The first-order valence-corrected chi connectivity index (χ1v) is 11.1. The van der Waals surface area contributed by atoms with Crippen molar-refractivity contribution in [1.29, 1.82) is 0 Å². The third-order valence-electron chi connectivity index (χ3n) is 4.50. The van der Waals surface area contributed by atoms with E-state index < -0.39 is 0 Å². The molecule has 1 aromatic heterocycles. The summed E-state index contributed by atoms with van der Waals surface area (Å²) in [6.45, 7) is 8.33. The van der Waals surface area contributed by atoms with Gasteiger partial charge in [0.2, 0.25) is 0 Å². The molecule has 1 heterocycles. The Morgan fingerprint density at radius 3 is 2.70 bits per heavy atom. The fourth-order valence-electron chi connectivity index (χ4n) is 2.97. The molecular weight excluding hydrogens is 439 g/mol. The number of halogens is 2. The number of thiazole rings is 1. The van der Waals surface area contributed by atoms with Gasteiger partial charge in [-0.15, -0.1) is 11.3 Å². The number of nitrogens with zero attached hydrogens (tertiary/aromatic N) is 1. The Balaban J connectivity index is 1.61. The van der Waals surface area contributed by atoms with Crippen molar-refractivity contribution in [3.05, 3.63) is 74.2 Å². The molecule has 0 fully saturated rings. The van der Waals surface area contributed by atoms with Gasteiger partial charge in [-0.3, -0.25) is 10.1 Å². The van der Waals surface area contributed by atoms with E-state index in [-0.39, 0.29) is 17.9 Å².